The highest BCUT2D eigenvalue weighted by molar-refractivity contribution is 7.09. The Morgan fingerprint density at radius 3 is 2.68 bits per heavy atom. The van der Waals surface area contributed by atoms with Gasteiger partial charge in [-0.05, 0) is 26.3 Å². The van der Waals surface area contributed by atoms with E-state index in [0.29, 0.717) is 6.04 Å². The summed E-state index contributed by atoms with van der Waals surface area (Å²) in [5.41, 5.74) is 1.14. The summed E-state index contributed by atoms with van der Waals surface area (Å²) in [4.78, 5) is 4.62. The van der Waals surface area contributed by atoms with Crippen LogP contribution in [-0.4, -0.2) is 30.3 Å². The van der Waals surface area contributed by atoms with E-state index in [9.17, 15) is 0 Å². The molecule has 2 rings (SSSR count). The number of nitrogens with zero attached hydrogens (tertiary/aromatic N) is 1. The van der Waals surface area contributed by atoms with Crippen molar-refractivity contribution in [1.29, 1.82) is 0 Å². The third-order valence-corrected chi connectivity index (χ3v) is 5.23. The number of nitrogens with one attached hydrogen (secondary N) is 1. The maximum Gasteiger partial charge on any atom is 0.0944 e. The van der Waals surface area contributed by atoms with Crippen LogP contribution in [0.3, 0.4) is 0 Å². The number of thiazole rings is 1. The number of hydrogen-bond donors (Lipinski definition) is 1. The Morgan fingerprint density at radius 1 is 1.42 bits per heavy atom. The molecular weight excluding hydrogens is 256 g/mol. The van der Waals surface area contributed by atoms with Gasteiger partial charge in [0.1, 0.15) is 0 Å². The van der Waals surface area contributed by atoms with Gasteiger partial charge in [-0.25, -0.2) is 4.98 Å². The molecule has 1 heterocycles. The first-order chi connectivity index (χ1) is 9.20. The van der Waals surface area contributed by atoms with Crippen LogP contribution in [0.1, 0.15) is 49.7 Å². The fraction of sp³-hybridized carbons (Fsp3) is 0.800. The number of aromatic nitrogens is 1. The molecule has 1 saturated carbocycles. The van der Waals surface area contributed by atoms with E-state index in [-0.39, 0.29) is 5.60 Å². The Morgan fingerprint density at radius 2 is 2.16 bits per heavy atom. The Bertz CT molecular complexity index is 385. The van der Waals surface area contributed by atoms with E-state index in [2.05, 4.69) is 29.5 Å². The van der Waals surface area contributed by atoms with Gasteiger partial charge in [0.15, 0.2) is 0 Å². The Hall–Kier alpha value is -0.450. The van der Waals surface area contributed by atoms with Crippen molar-refractivity contribution in [1.82, 2.24) is 10.3 Å². The number of hydrogen-bond acceptors (Lipinski definition) is 4. The molecule has 1 aromatic rings. The molecule has 19 heavy (non-hydrogen) atoms. The highest BCUT2D eigenvalue weighted by atomic mass is 32.1. The van der Waals surface area contributed by atoms with E-state index < -0.39 is 0 Å². The average molecular weight is 282 g/mol. The summed E-state index contributed by atoms with van der Waals surface area (Å²) in [7, 11) is 1.88. The molecule has 1 atom stereocenters. The molecule has 0 aromatic carbocycles. The summed E-state index contributed by atoms with van der Waals surface area (Å²) in [5.74, 6) is 0. The van der Waals surface area contributed by atoms with E-state index in [1.807, 2.05) is 7.11 Å². The fourth-order valence-corrected chi connectivity index (χ4v) is 4.03. The maximum absolute atomic E-state index is 5.99. The summed E-state index contributed by atoms with van der Waals surface area (Å²) in [6, 6.07) is 0.383. The summed E-state index contributed by atoms with van der Waals surface area (Å²) in [6.45, 7) is 5.22. The smallest absolute Gasteiger partial charge is 0.0944 e. The molecule has 0 amide bonds. The lowest BCUT2D eigenvalue weighted by molar-refractivity contribution is -0.0669. The van der Waals surface area contributed by atoms with E-state index in [4.69, 9.17) is 4.74 Å². The first-order valence-electron chi connectivity index (χ1n) is 7.40. The zero-order chi connectivity index (χ0) is 13.7. The molecule has 3 nitrogen and oxygen atoms in total. The summed E-state index contributed by atoms with van der Waals surface area (Å²) >= 11 is 1.77. The molecule has 1 aliphatic carbocycles. The van der Waals surface area contributed by atoms with Gasteiger partial charge >= 0.3 is 0 Å². The van der Waals surface area contributed by atoms with Crippen LogP contribution in [0.25, 0.3) is 0 Å². The predicted octanol–water partition coefficient (Wildman–Crippen LogP) is 3.32. The zero-order valence-corrected chi connectivity index (χ0v) is 13.2. The summed E-state index contributed by atoms with van der Waals surface area (Å²) < 4.78 is 5.99. The molecule has 1 fully saturated rings. The maximum atomic E-state index is 5.99. The lowest BCUT2D eigenvalue weighted by Gasteiger charge is -2.42. The van der Waals surface area contributed by atoms with E-state index in [1.54, 1.807) is 11.3 Å². The van der Waals surface area contributed by atoms with Crippen LogP contribution in [-0.2, 0) is 11.2 Å². The van der Waals surface area contributed by atoms with Gasteiger partial charge in [-0.2, -0.15) is 0 Å². The Balaban J connectivity index is 2.12. The normalized spacial score (nSPS) is 20.4. The standard InChI is InChI=1S/C15H26N2OS/c1-4-16-13(10-14-17-12(2)11-19-14)15(18-3)8-6-5-7-9-15/h11,13,16H,4-10H2,1-3H3. The van der Waals surface area contributed by atoms with Gasteiger partial charge in [-0.1, -0.05) is 26.2 Å². The van der Waals surface area contributed by atoms with Crippen LogP contribution in [0.5, 0.6) is 0 Å². The molecule has 0 radical (unpaired) electrons. The van der Waals surface area contributed by atoms with Crippen molar-refractivity contribution in [3.8, 4) is 0 Å². The van der Waals surface area contributed by atoms with Crippen LogP contribution >= 0.6 is 11.3 Å². The minimum Gasteiger partial charge on any atom is -0.377 e. The molecule has 1 unspecified atom stereocenters. The minimum absolute atomic E-state index is 0.00777. The SMILES string of the molecule is CCNC(Cc1nc(C)cs1)C1(OC)CCCCC1. The number of aryl methyl sites for hydroxylation is 1. The lowest BCUT2D eigenvalue weighted by atomic mass is 9.78. The quantitative estimate of drug-likeness (QED) is 0.869. The number of rotatable bonds is 6. The number of ether oxygens (including phenoxy) is 1. The van der Waals surface area contributed by atoms with Gasteiger partial charge in [0.25, 0.3) is 0 Å². The molecule has 4 heteroatoms. The fourth-order valence-electron chi connectivity index (χ4n) is 3.21. The highest BCUT2D eigenvalue weighted by Crippen LogP contribution is 2.35. The Kier molecular flexibility index (Phi) is 5.37. The van der Waals surface area contributed by atoms with Crippen molar-refractivity contribution in [3.05, 3.63) is 16.1 Å². The van der Waals surface area contributed by atoms with Crippen molar-refractivity contribution >= 4 is 11.3 Å². The lowest BCUT2D eigenvalue weighted by Crippen LogP contribution is -2.54. The predicted molar refractivity (Wildman–Crippen MR) is 80.8 cm³/mol. The molecule has 0 saturated heterocycles. The highest BCUT2D eigenvalue weighted by Gasteiger charge is 2.39. The van der Waals surface area contributed by atoms with Gasteiger partial charge in [0, 0.05) is 30.6 Å². The zero-order valence-electron chi connectivity index (χ0n) is 12.4. The van der Waals surface area contributed by atoms with Crippen LogP contribution in [0, 0.1) is 6.92 Å². The van der Waals surface area contributed by atoms with Gasteiger partial charge < -0.3 is 10.1 Å². The molecule has 1 aliphatic rings. The summed E-state index contributed by atoms with van der Waals surface area (Å²) in [6.07, 6.45) is 7.25. The van der Waals surface area contributed by atoms with Crippen molar-refractivity contribution in [2.45, 2.75) is 64.0 Å². The average Bonchev–Trinajstić information content (AvgIpc) is 2.84. The molecular formula is C15H26N2OS. The van der Waals surface area contributed by atoms with Crippen molar-refractivity contribution in [2.24, 2.45) is 0 Å². The largest absolute Gasteiger partial charge is 0.377 e. The minimum atomic E-state index is 0.00777. The van der Waals surface area contributed by atoms with E-state index in [0.717, 1.165) is 18.7 Å². The molecule has 1 N–H and O–H groups in total. The second-order valence-corrected chi connectivity index (χ2v) is 6.47. The first-order valence-corrected chi connectivity index (χ1v) is 8.27. The van der Waals surface area contributed by atoms with Crippen LogP contribution < -0.4 is 5.32 Å². The Labute approximate surface area is 120 Å². The second kappa shape index (κ2) is 6.82. The number of likely N-dealkylation sites (N-methyl/N-ethyl adjacent to an activating group) is 1. The summed E-state index contributed by atoms with van der Waals surface area (Å²) in [5, 5.41) is 7.01. The number of methoxy groups -OCH3 is 1. The topological polar surface area (TPSA) is 34.2 Å². The van der Waals surface area contributed by atoms with Crippen LogP contribution in [0.15, 0.2) is 5.38 Å². The third-order valence-electron chi connectivity index (χ3n) is 4.24. The molecule has 0 bridgehead atoms. The van der Waals surface area contributed by atoms with Crippen molar-refractivity contribution in [3.63, 3.8) is 0 Å². The monoisotopic (exact) mass is 282 g/mol. The first kappa shape index (κ1) is 14.9. The molecule has 0 aliphatic heterocycles. The van der Waals surface area contributed by atoms with Crippen LogP contribution in [0.4, 0.5) is 0 Å². The van der Waals surface area contributed by atoms with Crippen molar-refractivity contribution < 1.29 is 4.74 Å². The van der Waals surface area contributed by atoms with Crippen LogP contribution in [0.2, 0.25) is 0 Å². The van der Waals surface area contributed by atoms with E-state index >= 15 is 0 Å². The molecule has 0 spiro atoms. The third kappa shape index (κ3) is 3.56. The molecule has 1 aromatic heterocycles. The van der Waals surface area contributed by atoms with Gasteiger partial charge in [-0.3, -0.25) is 0 Å². The van der Waals surface area contributed by atoms with E-state index in [1.165, 1.54) is 37.1 Å². The van der Waals surface area contributed by atoms with Gasteiger partial charge in [0.2, 0.25) is 0 Å². The van der Waals surface area contributed by atoms with Gasteiger partial charge in [-0.15, -0.1) is 11.3 Å². The molecule has 108 valence electrons. The van der Waals surface area contributed by atoms with Crippen molar-refractivity contribution in [2.75, 3.05) is 13.7 Å². The second-order valence-electron chi connectivity index (χ2n) is 5.53. The van der Waals surface area contributed by atoms with Gasteiger partial charge in [0.05, 0.1) is 10.6 Å².